The average molecular weight is 236 g/mol. The van der Waals surface area contributed by atoms with Crippen molar-refractivity contribution in [1.82, 2.24) is 15.0 Å². The van der Waals surface area contributed by atoms with Crippen LogP contribution in [0.1, 0.15) is 0 Å². The Morgan fingerprint density at radius 1 is 0.889 bits per heavy atom. The first-order valence-corrected chi connectivity index (χ1v) is 5.73. The first-order valence-electron chi connectivity index (χ1n) is 5.73. The van der Waals surface area contributed by atoms with Crippen LogP contribution in [0.25, 0.3) is 22.4 Å². The molecule has 0 bridgehead atoms. The van der Waals surface area contributed by atoms with E-state index in [1.807, 2.05) is 43.4 Å². The minimum atomic E-state index is 0.727. The number of nitrogens with zero attached hydrogens (tertiary/aromatic N) is 3. The predicted octanol–water partition coefficient (Wildman–Crippen LogP) is 2.73. The topological polar surface area (TPSA) is 50.7 Å². The zero-order valence-electron chi connectivity index (χ0n) is 9.96. The number of fused-ring (bicyclic) bond motifs is 1. The number of nitrogens with one attached hydrogen (secondary N) is 1. The van der Waals surface area contributed by atoms with Crippen LogP contribution in [-0.4, -0.2) is 22.0 Å². The molecule has 3 rings (SSSR count). The molecule has 3 heterocycles. The second-order valence-electron chi connectivity index (χ2n) is 3.89. The molecule has 0 aromatic carbocycles. The van der Waals surface area contributed by atoms with E-state index in [1.165, 1.54) is 0 Å². The van der Waals surface area contributed by atoms with Crippen molar-refractivity contribution in [3.05, 3.63) is 48.8 Å². The molecule has 0 aliphatic carbocycles. The van der Waals surface area contributed by atoms with Crippen molar-refractivity contribution in [1.29, 1.82) is 0 Å². The monoisotopic (exact) mass is 236 g/mol. The molecule has 0 spiro atoms. The Balaban J connectivity index is 2.18. The quantitative estimate of drug-likeness (QED) is 0.743. The Kier molecular flexibility index (Phi) is 2.61. The molecule has 0 atom stereocenters. The first-order chi connectivity index (χ1) is 8.88. The molecule has 0 saturated carbocycles. The van der Waals surface area contributed by atoms with Crippen LogP contribution in [0.3, 0.4) is 0 Å². The van der Waals surface area contributed by atoms with E-state index in [2.05, 4.69) is 20.3 Å². The van der Waals surface area contributed by atoms with E-state index in [0.717, 1.165) is 28.1 Å². The molecule has 0 saturated heterocycles. The molecular formula is C14H12N4. The number of hydrogen-bond acceptors (Lipinski definition) is 4. The third kappa shape index (κ3) is 1.78. The molecule has 0 radical (unpaired) electrons. The van der Waals surface area contributed by atoms with Crippen LogP contribution in [0.4, 0.5) is 5.69 Å². The highest BCUT2D eigenvalue weighted by atomic mass is 14.9. The molecule has 1 N–H and O–H groups in total. The minimum absolute atomic E-state index is 0.727. The maximum Gasteiger partial charge on any atom is 0.161 e. The van der Waals surface area contributed by atoms with E-state index in [0.29, 0.717) is 0 Å². The third-order valence-electron chi connectivity index (χ3n) is 2.80. The molecule has 3 aromatic rings. The maximum absolute atomic E-state index is 4.54. The third-order valence-corrected chi connectivity index (χ3v) is 2.80. The van der Waals surface area contributed by atoms with Crippen molar-refractivity contribution < 1.29 is 0 Å². The molecule has 0 amide bonds. The van der Waals surface area contributed by atoms with E-state index in [1.54, 1.807) is 12.4 Å². The van der Waals surface area contributed by atoms with E-state index < -0.39 is 0 Å². The van der Waals surface area contributed by atoms with Gasteiger partial charge in [0.05, 0.1) is 11.4 Å². The van der Waals surface area contributed by atoms with Crippen LogP contribution in [-0.2, 0) is 0 Å². The molecule has 0 aliphatic rings. The smallest absolute Gasteiger partial charge is 0.161 e. The van der Waals surface area contributed by atoms with Crippen molar-refractivity contribution in [2.75, 3.05) is 12.4 Å². The van der Waals surface area contributed by atoms with Gasteiger partial charge in [0.1, 0.15) is 0 Å². The molecule has 4 heteroatoms. The van der Waals surface area contributed by atoms with Crippen LogP contribution in [0.5, 0.6) is 0 Å². The highest BCUT2D eigenvalue weighted by molar-refractivity contribution is 5.89. The van der Waals surface area contributed by atoms with Gasteiger partial charge in [-0.05, 0) is 30.3 Å². The van der Waals surface area contributed by atoms with Gasteiger partial charge in [-0.25, -0.2) is 9.97 Å². The Bertz CT molecular complexity index is 680. The molecule has 0 unspecified atom stereocenters. The molecule has 4 nitrogen and oxygen atoms in total. The van der Waals surface area contributed by atoms with E-state index in [4.69, 9.17) is 0 Å². The standard InChI is InChI=1S/C14H12N4/c1-15-11-7-9-17-14-10(11)5-6-13(18-14)12-4-2-3-8-16-12/h2-9H,1H3,(H,15,17,18). The molecule has 0 aliphatic heterocycles. The number of anilines is 1. The Morgan fingerprint density at radius 3 is 2.61 bits per heavy atom. The summed E-state index contributed by atoms with van der Waals surface area (Å²) in [5.41, 5.74) is 3.45. The van der Waals surface area contributed by atoms with Crippen LogP contribution in [0, 0.1) is 0 Å². The number of hydrogen-bond donors (Lipinski definition) is 1. The molecule has 3 aromatic heterocycles. The van der Waals surface area contributed by atoms with Gasteiger partial charge < -0.3 is 5.32 Å². The van der Waals surface area contributed by atoms with Gasteiger partial charge in [-0.3, -0.25) is 4.98 Å². The van der Waals surface area contributed by atoms with E-state index >= 15 is 0 Å². The second kappa shape index (κ2) is 4.41. The van der Waals surface area contributed by atoms with Crippen LogP contribution in [0.15, 0.2) is 48.8 Å². The minimum Gasteiger partial charge on any atom is -0.387 e. The fraction of sp³-hybridized carbons (Fsp3) is 0.0714. The summed E-state index contributed by atoms with van der Waals surface area (Å²) in [5.74, 6) is 0. The summed E-state index contributed by atoms with van der Waals surface area (Å²) in [6.07, 6.45) is 3.52. The molecule has 18 heavy (non-hydrogen) atoms. The number of pyridine rings is 3. The number of aromatic nitrogens is 3. The van der Waals surface area contributed by atoms with Crippen LogP contribution in [0.2, 0.25) is 0 Å². The van der Waals surface area contributed by atoms with Crippen LogP contribution < -0.4 is 5.32 Å². The molecule has 88 valence electrons. The summed E-state index contributed by atoms with van der Waals surface area (Å²) < 4.78 is 0. The largest absolute Gasteiger partial charge is 0.387 e. The summed E-state index contributed by atoms with van der Waals surface area (Å²) in [6, 6.07) is 11.7. The van der Waals surface area contributed by atoms with Gasteiger partial charge in [-0.15, -0.1) is 0 Å². The zero-order chi connectivity index (χ0) is 12.4. The lowest BCUT2D eigenvalue weighted by Crippen LogP contribution is -1.94. The summed E-state index contributed by atoms with van der Waals surface area (Å²) in [5, 5.41) is 4.15. The lowest BCUT2D eigenvalue weighted by molar-refractivity contribution is 1.24. The lowest BCUT2D eigenvalue weighted by Gasteiger charge is -2.06. The fourth-order valence-corrected chi connectivity index (χ4v) is 1.90. The summed E-state index contributed by atoms with van der Waals surface area (Å²) in [6.45, 7) is 0. The highest BCUT2D eigenvalue weighted by Crippen LogP contribution is 2.22. The van der Waals surface area contributed by atoms with Gasteiger partial charge >= 0.3 is 0 Å². The van der Waals surface area contributed by atoms with Gasteiger partial charge in [0.2, 0.25) is 0 Å². The van der Waals surface area contributed by atoms with Crippen molar-refractivity contribution >= 4 is 16.7 Å². The maximum atomic E-state index is 4.54. The van der Waals surface area contributed by atoms with Crippen LogP contribution >= 0.6 is 0 Å². The van der Waals surface area contributed by atoms with E-state index in [-0.39, 0.29) is 0 Å². The zero-order valence-corrected chi connectivity index (χ0v) is 9.96. The van der Waals surface area contributed by atoms with Crippen molar-refractivity contribution in [3.8, 4) is 11.4 Å². The molecule has 0 fully saturated rings. The van der Waals surface area contributed by atoms with Crippen molar-refractivity contribution in [2.45, 2.75) is 0 Å². The Labute approximate surface area is 105 Å². The van der Waals surface area contributed by atoms with Gasteiger partial charge in [-0.1, -0.05) is 6.07 Å². The summed E-state index contributed by atoms with van der Waals surface area (Å²) in [7, 11) is 1.89. The lowest BCUT2D eigenvalue weighted by atomic mass is 10.2. The average Bonchev–Trinajstić information content (AvgIpc) is 2.47. The second-order valence-corrected chi connectivity index (χ2v) is 3.89. The normalized spacial score (nSPS) is 10.5. The predicted molar refractivity (Wildman–Crippen MR) is 72.3 cm³/mol. The summed E-state index contributed by atoms with van der Waals surface area (Å²) in [4.78, 5) is 13.1. The first kappa shape index (κ1) is 10.7. The number of rotatable bonds is 2. The van der Waals surface area contributed by atoms with E-state index in [9.17, 15) is 0 Å². The van der Waals surface area contributed by atoms with Gasteiger partial charge in [0.15, 0.2) is 5.65 Å². The summed E-state index contributed by atoms with van der Waals surface area (Å²) >= 11 is 0. The molecular weight excluding hydrogens is 224 g/mol. The van der Waals surface area contributed by atoms with Gasteiger partial charge in [-0.2, -0.15) is 0 Å². The van der Waals surface area contributed by atoms with Gasteiger partial charge in [0.25, 0.3) is 0 Å². The SMILES string of the molecule is CNc1ccnc2nc(-c3ccccn3)ccc12. The van der Waals surface area contributed by atoms with Crippen molar-refractivity contribution in [3.63, 3.8) is 0 Å². The van der Waals surface area contributed by atoms with Crippen molar-refractivity contribution in [2.24, 2.45) is 0 Å². The fourth-order valence-electron chi connectivity index (χ4n) is 1.90. The van der Waals surface area contributed by atoms with Gasteiger partial charge in [0, 0.05) is 30.5 Å². The Hall–Kier alpha value is -2.49. The Morgan fingerprint density at radius 2 is 1.83 bits per heavy atom. The highest BCUT2D eigenvalue weighted by Gasteiger charge is 2.05.